The van der Waals surface area contributed by atoms with Gasteiger partial charge in [0.25, 0.3) is 0 Å². The second-order valence-electron chi connectivity index (χ2n) is 4.82. The van der Waals surface area contributed by atoms with E-state index in [-0.39, 0.29) is 11.1 Å². The third-order valence-corrected chi connectivity index (χ3v) is 3.78. The number of hydrogen-bond acceptors (Lipinski definition) is 3. The van der Waals surface area contributed by atoms with Crippen LogP contribution in [0.15, 0.2) is 48.5 Å². The second kappa shape index (κ2) is 5.70. The normalized spacial score (nSPS) is 10.7. The van der Waals surface area contributed by atoms with E-state index in [1.807, 2.05) is 0 Å². The number of halogens is 1. The molecule has 2 N–H and O–H groups in total. The number of nitrogens with zero attached hydrogens (tertiary/aromatic N) is 1. The number of para-hydroxylation sites is 1. The summed E-state index contributed by atoms with van der Waals surface area (Å²) in [7, 11) is 0. The van der Waals surface area contributed by atoms with Crippen molar-refractivity contribution >= 4 is 34.4 Å². The molecule has 0 atom stereocenters. The smallest absolute Gasteiger partial charge is 0.355 e. The monoisotopic (exact) mass is 327 g/mol. The maximum atomic E-state index is 11.7. The molecular weight excluding hydrogens is 318 g/mol. The van der Waals surface area contributed by atoms with Gasteiger partial charge in [-0.2, -0.15) is 0 Å². The Morgan fingerprint density at radius 1 is 0.913 bits per heavy atom. The van der Waals surface area contributed by atoms with Gasteiger partial charge in [0.1, 0.15) is 5.56 Å². The Labute approximate surface area is 135 Å². The summed E-state index contributed by atoms with van der Waals surface area (Å²) in [6.45, 7) is 0. The number of pyridine rings is 1. The average Bonchev–Trinajstić information content (AvgIpc) is 2.53. The molecule has 5 nitrogen and oxygen atoms in total. The van der Waals surface area contributed by atoms with Crippen molar-refractivity contribution < 1.29 is 19.8 Å². The molecule has 0 aliphatic rings. The van der Waals surface area contributed by atoms with Crippen LogP contribution in [0.25, 0.3) is 22.0 Å². The third-order valence-electron chi connectivity index (χ3n) is 3.45. The molecule has 2 aromatic carbocycles. The predicted octanol–water partition coefficient (Wildman–Crippen LogP) is 3.95. The predicted molar refractivity (Wildman–Crippen MR) is 86.1 cm³/mol. The number of hydrogen-bond donors (Lipinski definition) is 2. The third kappa shape index (κ3) is 2.51. The van der Waals surface area contributed by atoms with Crippen LogP contribution in [-0.4, -0.2) is 27.1 Å². The van der Waals surface area contributed by atoms with Crippen LogP contribution in [0.4, 0.5) is 0 Å². The summed E-state index contributed by atoms with van der Waals surface area (Å²) >= 11 is 6.21. The number of carboxylic acid groups (broad SMARTS) is 2. The lowest BCUT2D eigenvalue weighted by Gasteiger charge is -2.14. The first-order chi connectivity index (χ1) is 11.0. The van der Waals surface area contributed by atoms with Crippen LogP contribution in [0.5, 0.6) is 0 Å². The number of fused-ring (bicyclic) bond motifs is 1. The number of carboxylic acids is 2. The first-order valence-corrected chi connectivity index (χ1v) is 7.02. The Balaban J connectivity index is 2.56. The van der Waals surface area contributed by atoms with E-state index in [0.29, 0.717) is 21.5 Å². The Hall–Kier alpha value is -2.92. The van der Waals surface area contributed by atoms with Crippen molar-refractivity contribution in [3.05, 3.63) is 64.8 Å². The molecule has 0 spiro atoms. The molecule has 1 aromatic heterocycles. The number of carbonyl (C=O) groups is 2. The number of benzene rings is 2. The molecule has 0 bridgehead atoms. The summed E-state index contributed by atoms with van der Waals surface area (Å²) in [5.74, 6) is -2.77. The molecule has 0 radical (unpaired) electrons. The lowest BCUT2D eigenvalue weighted by molar-refractivity contribution is 0.0647. The fourth-order valence-corrected chi connectivity index (χ4v) is 2.75. The van der Waals surface area contributed by atoms with E-state index in [1.54, 1.807) is 48.5 Å². The molecule has 114 valence electrons. The molecule has 0 aliphatic heterocycles. The minimum Gasteiger partial charge on any atom is -0.478 e. The standard InChI is InChI=1S/C17H10ClNO4/c18-11-7-3-1-5-9(11)13-10-6-2-4-8-12(10)19-15(17(22)23)14(13)16(20)21/h1-8H,(H,20,21)(H,22,23). The summed E-state index contributed by atoms with van der Waals surface area (Å²) < 4.78 is 0. The van der Waals surface area contributed by atoms with Gasteiger partial charge < -0.3 is 10.2 Å². The molecular formula is C17H10ClNO4. The van der Waals surface area contributed by atoms with Crippen LogP contribution < -0.4 is 0 Å². The van der Waals surface area contributed by atoms with Crippen LogP contribution in [0, 0.1) is 0 Å². The van der Waals surface area contributed by atoms with Gasteiger partial charge in [-0.25, -0.2) is 14.6 Å². The minimum absolute atomic E-state index is 0.256. The van der Waals surface area contributed by atoms with Crippen molar-refractivity contribution in [1.29, 1.82) is 0 Å². The van der Waals surface area contributed by atoms with Crippen molar-refractivity contribution in [2.45, 2.75) is 0 Å². The van der Waals surface area contributed by atoms with E-state index < -0.39 is 17.6 Å². The molecule has 3 rings (SSSR count). The molecule has 6 heteroatoms. The van der Waals surface area contributed by atoms with E-state index in [1.165, 1.54) is 0 Å². The largest absolute Gasteiger partial charge is 0.478 e. The SMILES string of the molecule is O=C(O)c1nc2ccccc2c(-c2ccccc2Cl)c1C(=O)O. The van der Waals surface area contributed by atoms with E-state index in [9.17, 15) is 19.8 Å². The first-order valence-electron chi connectivity index (χ1n) is 6.65. The van der Waals surface area contributed by atoms with Crippen molar-refractivity contribution in [3.8, 4) is 11.1 Å². The fourth-order valence-electron chi connectivity index (χ4n) is 2.52. The lowest BCUT2D eigenvalue weighted by atomic mass is 9.94. The van der Waals surface area contributed by atoms with Gasteiger partial charge in [0, 0.05) is 21.5 Å². The highest BCUT2D eigenvalue weighted by atomic mass is 35.5. The Morgan fingerprint density at radius 2 is 1.57 bits per heavy atom. The Bertz CT molecular complexity index is 952. The van der Waals surface area contributed by atoms with Crippen molar-refractivity contribution in [3.63, 3.8) is 0 Å². The van der Waals surface area contributed by atoms with Crippen LogP contribution in [-0.2, 0) is 0 Å². The average molecular weight is 328 g/mol. The van der Waals surface area contributed by atoms with Gasteiger partial charge in [-0.1, -0.05) is 48.0 Å². The molecule has 0 fully saturated rings. The lowest BCUT2D eigenvalue weighted by Crippen LogP contribution is -2.13. The van der Waals surface area contributed by atoms with Gasteiger partial charge in [0.2, 0.25) is 0 Å². The first kappa shape index (κ1) is 15.0. The van der Waals surface area contributed by atoms with Crippen LogP contribution >= 0.6 is 11.6 Å². The van der Waals surface area contributed by atoms with Crippen LogP contribution in [0.1, 0.15) is 20.8 Å². The highest BCUT2D eigenvalue weighted by Crippen LogP contribution is 2.37. The molecule has 0 unspecified atom stereocenters. The van der Waals surface area contributed by atoms with Gasteiger partial charge in [0.15, 0.2) is 5.69 Å². The number of aromatic carboxylic acids is 2. The van der Waals surface area contributed by atoms with E-state index in [2.05, 4.69) is 4.98 Å². The van der Waals surface area contributed by atoms with Gasteiger partial charge >= 0.3 is 11.9 Å². The van der Waals surface area contributed by atoms with Crippen molar-refractivity contribution in [2.75, 3.05) is 0 Å². The fraction of sp³-hybridized carbons (Fsp3) is 0. The number of aromatic nitrogens is 1. The summed E-state index contributed by atoms with van der Waals surface area (Å²) in [6, 6.07) is 13.5. The zero-order chi connectivity index (χ0) is 16.6. The molecule has 0 saturated heterocycles. The zero-order valence-electron chi connectivity index (χ0n) is 11.7. The molecule has 0 amide bonds. The highest BCUT2D eigenvalue weighted by molar-refractivity contribution is 6.34. The maximum absolute atomic E-state index is 11.7. The minimum atomic E-state index is -1.40. The van der Waals surface area contributed by atoms with Crippen molar-refractivity contribution in [2.24, 2.45) is 0 Å². The molecule has 3 aromatic rings. The molecule has 1 heterocycles. The second-order valence-corrected chi connectivity index (χ2v) is 5.22. The van der Waals surface area contributed by atoms with Gasteiger partial charge in [-0.3, -0.25) is 0 Å². The Kier molecular flexibility index (Phi) is 3.72. The van der Waals surface area contributed by atoms with Crippen LogP contribution in [0.3, 0.4) is 0 Å². The quantitative estimate of drug-likeness (QED) is 0.760. The van der Waals surface area contributed by atoms with Gasteiger partial charge in [-0.15, -0.1) is 0 Å². The van der Waals surface area contributed by atoms with Crippen LogP contribution in [0.2, 0.25) is 5.02 Å². The van der Waals surface area contributed by atoms with Crippen molar-refractivity contribution in [1.82, 2.24) is 4.98 Å². The summed E-state index contributed by atoms with van der Waals surface area (Å²) in [4.78, 5) is 27.2. The van der Waals surface area contributed by atoms with E-state index in [4.69, 9.17) is 11.6 Å². The van der Waals surface area contributed by atoms with Gasteiger partial charge in [-0.05, 0) is 12.1 Å². The number of rotatable bonds is 3. The van der Waals surface area contributed by atoms with Gasteiger partial charge in [0.05, 0.1) is 5.52 Å². The summed E-state index contributed by atoms with van der Waals surface area (Å²) in [5, 5.41) is 19.8. The highest BCUT2D eigenvalue weighted by Gasteiger charge is 2.26. The maximum Gasteiger partial charge on any atom is 0.355 e. The molecule has 23 heavy (non-hydrogen) atoms. The van der Waals surface area contributed by atoms with E-state index >= 15 is 0 Å². The topological polar surface area (TPSA) is 87.5 Å². The Morgan fingerprint density at radius 3 is 2.22 bits per heavy atom. The summed E-state index contributed by atoms with van der Waals surface area (Å²) in [5.41, 5.74) is 0.221. The molecule has 0 saturated carbocycles. The van der Waals surface area contributed by atoms with E-state index in [0.717, 1.165) is 0 Å². The molecule has 0 aliphatic carbocycles. The zero-order valence-corrected chi connectivity index (χ0v) is 12.4. The summed E-state index contributed by atoms with van der Waals surface area (Å²) in [6.07, 6.45) is 0.